The van der Waals surface area contributed by atoms with Gasteiger partial charge in [0.05, 0.1) is 11.6 Å². The van der Waals surface area contributed by atoms with Crippen molar-refractivity contribution in [3.05, 3.63) is 0 Å². The second-order valence-corrected chi connectivity index (χ2v) is 5.95. The minimum atomic E-state index is -4.11. The van der Waals surface area contributed by atoms with Crippen LogP contribution in [0.4, 0.5) is 0 Å². The molecule has 15 heavy (non-hydrogen) atoms. The first-order valence-corrected chi connectivity index (χ1v) is 6.89. The molecule has 3 N–H and O–H groups in total. The Kier molecular flexibility index (Phi) is 3.59. The zero-order valence-corrected chi connectivity index (χ0v) is 9.61. The van der Waals surface area contributed by atoms with Crippen LogP contribution in [0.15, 0.2) is 0 Å². The van der Waals surface area contributed by atoms with Gasteiger partial charge < -0.3 is 14.9 Å². The topological polar surface area (TPSA) is 94.8 Å². The van der Waals surface area contributed by atoms with E-state index in [0.29, 0.717) is 19.3 Å². The van der Waals surface area contributed by atoms with E-state index in [1.165, 1.54) is 0 Å². The fourth-order valence-corrected chi connectivity index (χ4v) is 3.70. The summed E-state index contributed by atoms with van der Waals surface area (Å²) in [4.78, 5) is 29.0. The lowest BCUT2D eigenvalue weighted by atomic mass is 9.76. The molecule has 5 nitrogen and oxygen atoms in total. The van der Waals surface area contributed by atoms with E-state index in [1.54, 1.807) is 6.92 Å². The molecule has 88 valence electrons. The van der Waals surface area contributed by atoms with E-state index in [9.17, 15) is 14.5 Å². The van der Waals surface area contributed by atoms with Crippen LogP contribution in [0.25, 0.3) is 0 Å². The number of aliphatic carboxylic acids is 1. The smallest absolute Gasteiger partial charge is 0.325 e. The van der Waals surface area contributed by atoms with Gasteiger partial charge in [-0.15, -0.1) is 0 Å². The lowest BCUT2D eigenvalue weighted by Gasteiger charge is -2.30. The van der Waals surface area contributed by atoms with Gasteiger partial charge in [-0.1, -0.05) is 13.3 Å². The molecule has 0 aromatic carbocycles. The van der Waals surface area contributed by atoms with Crippen molar-refractivity contribution in [3.63, 3.8) is 0 Å². The molecule has 1 fully saturated rings. The van der Waals surface area contributed by atoms with Crippen LogP contribution in [0.1, 0.15) is 32.6 Å². The molecule has 6 heteroatoms. The molecule has 0 heterocycles. The molecule has 1 rings (SSSR count). The van der Waals surface area contributed by atoms with Crippen LogP contribution < -0.4 is 0 Å². The predicted molar refractivity (Wildman–Crippen MR) is 54.6 cm³/mol. The van der Waals surface area contributed by atoms with Crippen LogP contribution in [-0.4, -0.2) is 27.0 Å². The molecule has 0 aliphatic heterocycles. The SMILES string of the molecule is CCC1(C(=O)O)CCCC1CP(=O)(O)O. The highest BCUT2D eigenvalue weighted by Gasteiger charge is 2.49. The van der Waals surface area contributed by atoms with Gasteiger partial charge in [-0.25, -0.2) is 0 Å². The number of carboxylic acid groups (broad SMARTS) is 1. The number of hydrogen-bond acceptors (Lipinski definition) is 2. The summed E-state index contributed by atoms with van der Waals surface area (Å²) >= 11 is 0. The van der Waals surface area contributed by atoms with E-state index < -0.39 is 19.0 Å². The fraction of sp³-hybridized carbons (Fsp3) is 0.889. The summed E-state index contributed by atoms with van der Waals surface area (Å²) in [6.07, 6.45) is 2.01. The Hall–Kier alpha value is -0.380. The Bertz CT molecular complexity index is 297. The summed E-state index contributed by atoms with van der Waals surface area (Å²) in [5, 5.41) is 9.18. The van der Waals surface area contributed by atoms with E-state index in [0.717, 1.165) is 6.42 Å². The third kappa shape index (κ3) is 2.60. The maximum Gasteiger partial charge on any atom is 0.325 e. The molecule has 0 bridgehead atoms. The van der Waals surface area contributed by atoms with Crippen molar-refractivity contribution in [2.45, 2.75) is 32.6 Å². The van der Waals surface area contributed by atoms with Crippen LogP contribution in [-0.2, 0) is 9.36 Å². The molecule has 0 aromatic rings. The van der Waals surface area contributed by atoms with E-state index in [1.807, 2.05) is 0 Å². The molecule has 0 amide bonds. The third-order valence-corrected chi connectivity index (χ3v) is 4.39. The number of carboxylic acids is 1. The third-order valence-electron chi connectivity index (χ3n) is 3.47. The molecule has 0 saturated heterocycles. The average molecular weight is 236 g/mol. The lowest BCUT2D eigenvalue weighted by molar-refractivity contribution is -0.151. The van der Waals surface area contributed by atoms with E-state index in [-0.39, 0.29) is 12.1 Å². The Balaban J connectivity index is 2.88. The first-order chi connectivity index (χ1) is 6.82. The summed E-state index contributed by atoms with van der Waals surface area (Å²) < 4.78 is 10.9. The van der Waals surface area contributed by atoms with Gasteiger partial charge in [-0.3, -0.25) is 9.36 Å². The van der Waals surface area contributed by atoms with Gasteiger partial charge in [0.25, 0.3) is 0 Å². The molecular weight excluding hydrogens is 219 g/mol. The summed E-state index contributed by atoms with van der Waals surface area (Å²) in [6.45, 7) is 1.77. The van der Waals surface area contributed by atoms with E-state index in [2.05, 4.69) is 0 Å². The summed E-state index contributed by atoms with van der Waals surface area (Å²) in [6, 6.07) is 0. The van der Waals surface area contributed by atoms with Gasteiger partial charge in [-0.2, -0.15) is 0 Å². The first kappa shape index (κ1) is 12.7. The van der Waals surface area contributed by atoms with Crippen LogP contribution >= 0.6 is 7.60 Å². The molecule has 2 atom stereocenters. The maximum absolute atomic E-state index is 11.2. The van der Waals surface area contributed by atoms with Crippen molar-refractivity contribution in [2.75, 3.05) is 6.16 Å². The summed E-state index contributed by atoms with van der Waals surface area (Å²) in [5.74, 6) is -1.30. The zero-order valence-electron chi connectivity index (χ0n) is 8.72. The van der Waals surface area contributed by atoms with Gasteiger partial charge in [0, 0.05) is 0 Å². The molecule has 0 radical (unpaired) electrons. The monoisotopic (exact) mass is 236 g/mol. The van der Waals surface area contributed by atoms with Crippen LogP contribution in [0.5, 0.6) is 0 Å². The van der Waals surface area contributed by atoms with Gasteiger partial charge in [0.1, 0.15) is 0 Å². The van der Waals surface area contributed by atoms with Crippen molar-refractivity contribution in [1.29, 1.82) is 0 Å². The van der Waals surface area contributed by atoms with Crippen LogP contribution in [0, 0.1) is 11.3 Å². The quantitative estimate of drug-likeness (QED) is 0.642. The average Bonchev–Trinajstić information content (AvgIpc) is 2.45. The van der Waals surface area contributed by atoms with Gasteiger partial charge in [-0.05, 0) is 25.2 Å². The minimum absolute atomic E-state index is 0.298. The van der Waals surface area contributed by atoms with E-state index in [4.69, 9.17) is 9.79 Å². The Morgan fingerprint density at radius 1 is 1.53 bits per heavy atom. The van der Waals surface area contributed by atoms with Crippen molar-refractivity contribution in [2.24, 2.45) is 11.3 Å². The van der Waals surface area contributed by atoms with Crippen LogP contribution in [0.2, 0.25) is 0 Å². The molecule has 1 aliphatic rings. The standard InChI is InChI=1S/C9H17O5P/c1-2-9(8(10)11)5-3-4-7(9)6-15(12,13)14/h7H,2-6H2,1H3,(H,10,11)(H2,12,13,14). The minimum Gasteiger partial charge on any atom is -0.481 e. The first-order valence-electron chi connectivity index (χ1n) is 5.10. The number of carbonyl (C=O) groups is 1. The normalized spacial score (nSPS) is 31.8. The van der Waals surface area contributed by atoms with Crippen molar-refractivity contribution in [1.82, 2.24) is 0 Å². The van der Waals surface area contributed by atoms with E-state index >= 15 is 0 Å². The highest BCUT2D eigenvalue weighted by atomic mass is 31.2. The molecule has 2 unspecified atom stereocenters. The molecule has 0 spiro atoms. The number of hydrogen-bond donors (Lipinski definition) is 3. The predicted octanol–water partition coefficient (Wildman–Crippen LogP) is 1.45. The summed E-state index contributed by atoms with van der Waals surface area (Å²) in [5.41, 5.74) is -0.916. The Morgan fingerprint density at radius 3 is 2.53 bits per heavy atom. The van der Waals surface area contributed by atoms with Crippen molar-refractivity contribution < 1.29 is 24.3 Å². The molecule has 1 aliphatic carbocycles. The second kappa shape index (κ2) is 4.24. The second-order valence-electron chi connectivity index (χ2n) is 4.25. The molecular formula is C9H17O5P. The van der Waals surface area contributed by atoms with Gasteiger partial charge in [0.15, 0.2) is 0 Å². The lowest BCUT2D eigenvalue weighted by Crippen LogP contribution is -2.35. The Morgan fingerprint density at radius 2 is 2.13 bits per heavy atom. The zero-order chi connectivity index (χ0) is 11.7. The molecule has 0 aromatic heterocycles. The largest absolute Gasteiger partial charge is 0.481 e. The highest BCUT2D eigenvalue weighted by Crippen LogP contribution is 2.52. The van der Waals surface area contributed by atoms with Crippen molar-refractivity contribution in [3.8, 4) is 0 Å². The maximum atomic E-state index is 11.2. The highest BCUT2D eigenvalue weighted by molar-refractivity contribution is 7.51. The van der Waals surface area contributed by atoms with Gasteiger partial charge >= 0.3 is 13.6 Å². The Labute approximate surface area is 88.7 Å². The summed E-state index contributed by atoms with van der Waals surface area (Å²) in [7, 11) is -4.11. The molecule has 1 saturated carbocycles. The fourth-order valence-electron chi connectivity index (χ4n) is 2.60. The van der Waals surface area contributed by atoms with Crippen LogP contribution in [0.3, 0.4) is 0 Å². The van der Waals surface area contributed by atoms with Gasteiger partial charge in [0.2, 0.25) is 0 Å². The number of rotatable bonds is 4. The van der Waals surface area contributed by atoms with Crippen molar-refractivity contribution >= 4 is 13.6 Å².